The Morgan fingerprint density at radius 1 is 1.25 bits per heavy atom. The van der Waals surface area contributed by atoms with Gasteiger partial charge >= 0.3 is 11.7 Å². The molecular formula is C18H17N3O3. The van der Waals surface area contributed by atoms with Gasteiger partial charge in [-0.15, -0.1) is 0 Å². The molecule has 2 N–H and O–H groups in total. The molecule has 1 aliphatic rings. The van der Waals surface area contributed by atoms with Gasteiger partial charge in [0.2, 0.25) is 0 Å². The Balaban J connectivity index is 1.55. The van der Waals surface area contributed by atoms with E-state index in [0.29, 0.717) is 11.3 Å². The van der Waals surface area contributed by atoms with Gasteiger partial charge in [0.25, 0.3) is 0 Å². The summed E-state index contributed by atoms with van der Waals surface area (Å²) in [6, 6.07) is 12.2. The van der Waals surface area contributed by atoms with Gasteiger partial charge in [-0.3, -0.25) is 0 Å². The summed E-state index contributed by atoms with van der Waals surface area (Å²) in [5, 5.41) is 3.71. The monoisotopic (exact) mass is 323 g/mol. The highest BCUT2D eigenvalue weighted by molar-refractivity contribution is 5.92. The van der Waals surface area contributed by atoms with Crippen molar-refractivity contribution in [3.05, 3.63) is 64.8 Å². The minimum Gasteiger partial charge on any atom is -0.423 e. The molecule has 0 bridgehead atoms. The molecule has 1 aromatic carbocycles. The predicted molar refractivity (Wildman–Crippen MR) is 91.0 cm³/mol. The molecule has 1 saturated heterocycles. The van der Waals surface area contributed by atoms with Crippen molar-refractivity contribution in [3.8, 4) is 0 Å². The normalized spacial score (nSPS) is 17.3. The number of likely N-dealkylation sites (tertiary alicyclic amines) is 1. The summed E-state index contributed by atoms with van der Waals surface area (Å²) >= 11 is 0. The number of carbonyl (C=O) groups excluding carboxylic acids is 1. The van der Waals surface area contributed by atoms with Crippen molar-refractivity contribution in [1.29, 1.82) is 0 Å². The average Bonchev–Trinajstić information content (AvgIpc) is 3.25. The summed E-state index contributed by atoms with van der Waals surface area (Å²) in [6.07, 6.45) is 3.82. The van der Waals surface area contributed by atoms with E-state index in [0.717, 1.165) is 30.5 Å². The lowest BCUT2D eigenvalue weighted by Gasteiger charge is -2.24. The molecule has 2 amide bonds. The lowest BCUT2D eigenvalue weighted by Crippen LogP contribution is -2.34. The van der Waals surface area contributed by atoms with Gasteiger partial charge in [-0.2, -0.15) is 0 Å². The largest absolute Gasteiger partial charge is 0.423 e. The first kappa shape index (κ1) is 14.6. The van der Waals surface area contributed by atoms with Crippen LogP contribution in [0.4, 0.5) is 10.5 Å². The molecule has 6 nitrogen and oxygen atoms in total. The Morgan fingerprint density at radius 2 is 2.17 bits per heavy atom. The third-order valence-electron chi connectivity index (χ3n) is 4.37. The average molecular weight is 323 g/mol. The van der Waals surface area contributed by atoms with Crippen molar-refractivity contribution in [1.82, 2.24) is 9.88 Å². The molecule has 1 fully saturated rings. The Bertz CT molecular complexity index is 930. The fourth-order valence-corrected chi connectivity index (χ4v) is 3.23. The zero-order valence-corrected chi connectivity index (χ0v) is 13.0. The summed E-state index contributed by atoms with van der Waals surface area (Å²) in [5.41, 5.74) is 1.86. The number of aromatic amines is 1. The van der Waals surface area contributed by atoms with Gasteiger partial charge < -0.3 is 19.6 Å². The number of fused-ring (bicyclic) bond motifs is 1. The van der Waals surface area contributed by atoms with E-state index in [1.807, 2.05) is 23.2 Å². The van der Waals surface area contributed by atoms with Crippen molar-refractivity contribution in [3.63, 3.8) is 0 Å². The number of hydrogen-bond donors (Lipinski definition) is 2. The molecule has 122 valence electrons. The van der Waals surface area contributed by atoms with Crippen LogP contribution in [0.15, 0.2) is 57.9 Å². The van der Waals surface area contributed by atoms with Crippen LogP contribution in [0.1, 0.15) is 24.6 Å². The third-order valence-corrected chi connectivity index (χ3v) is 4.37. The van der Waals surface area contributed by atoms with Crippen molar-refractivity contribution >= 4 is 22.7 Å². The summed E-state index contributed by atoms with van der Waals surface area (Å²) < 4.78 is 5.10. The Kier molecular flexibility index (Phi) is 3.57. The molecule has 3 heterocycles. The number of carbonyl (C=O) groups is 1. The van der Waals surface area contributed by atoms with Gasteiger partial charge in [-0.25, -0.2) is 9.59 Å². The molecule has 3 aromatic rings. The molecule has 24 heavy (non-hydrogen) atoms. The van der Waals surface area contributed by atoms with Crippen LogP contribution < -0.4 is 10.9 Å². The number of urea groups is 1. The van der Waals surface area contributed by atoms with E-state index in [2.05, 4.69) is 10.3 Å². The van der Waals surface area contributed by atoms with Crippen LogP contribution in [0, 0.1) is 0 Å². The summed E-state index contributed by atoms with van der Waals surface area (Å²) in [7, 11) is 0. The summed E-state index contributed by atoms with van der Waals surface area (Å²) in [5.74, 6) is 0. The maximum Gasteiger partial charge on any atom is 0.336 e. The van der Waals surface area contributed by atoms with Crippen molar-refractivity contribution in [2.24, 2.45) is 0 Å². The predicted octanol–water partition coefficient (Wildman–Crippen LogP) is 3.49. The number of anilines is 1. The zero-order chi connectivity index (χ0) is 16.5. The minimum absolute atomic E-state index is 0.0819. The van der Waals surface area contributed by atoms with E-state index < -0.39 is 0 Å². The SMILES string of the molecule is O=C(Nc1ccc2oc(=O)ccc2c1)N1CCC[C@H]1c1ccc[nH]1. The van der Waals surface area contributed by atoms with Crippen LogP contribution >= 0.6 is 0 Å². The van der Waals surface area contributed by atoms with Gasteiger partial charge in [-0.05, 0) is 49.2 Å². The standard InChI is InChI=1S/C18H17N3O3/c22-17-8-5-12-11-13(6-7-16(12)24-17)20-18(23)21-10-2-4-15(21)14-3-1-9-19-14/h1,3,5-9,11,15,19H,2,4,10H2,(H,20,23)/t15-/m0/s1. The van der Waals surface area contributed by atoms with Crippen molar-refractivity contribution < 1.29 is 9.21 Å². The van der Waals surface area contributed by atoms with Gasteiger partial charge in [0, 0.05) is 35.6 Å². The molecule has 4 rings (SSSR count). The third kappa shape index (κ3) is 2.67. The number of benzene rings is 1. The van der Waals surface area contributed by atoms with E-state index in [-0.39, 0.29) is 17.7 Å². The molecular weight excluding hydrogens is 306 g/mol. The molecule has 6 heteroatoms. The first-order valence-electron chi connectivity index (χ1n) is 7.95. The lowest BCUT2D eigenvalue weighted by atomic mass is 10.1. The first-order chi connectivity index (χ1) is 11.7. The zero-order valence-electron chi connectivity index (χ0n) is 13.0. The second-order valence-electron chi connectivity index (χ2n) is 5.91. The molecule has 2 aromatic heterocycles. The van der Waals surface area contributed by atoms with Crippen LogP contribution in [0.5, 0.6) is 0 Å². The lowest BCUT2D eigenvalue weighted by molar-refractivity contribution is 0.206. The fourth-order valence-electron chi connectivity index (χ4n) is 3.23. The Morgan fingerprint density at radius 3 is 3.00 bits per heavy atom. The fraction of sp³-hybridized carbons (Fsp3) is 0.222. The van der Waals surface area contributed by atoms with Crippen LogP contribution in [0.3, 0.4) is 0 Å². The topological polar surface area (TPSA) is 78.3 Å². The number of nitrogens with zero attached hydrogens (tertiary/aromatic N) is 1. The van der Waals surface area contributed by atoms with E-state index in [4.69, 9.17) is 4.42 Å². The number of amides is 2. The summed E-state index contributed by atoms with van der Waals surface area (Å²) in [6.45, 7) is 0.734. The molecule has 0 unspecified atom stereocenters. The molecule has 0 aliphatic carbocycles. The van der Waals surface area contributed by atoms with E-state index in [9.17, 15) is 9.59 Å². The highest BCUT2D eigenvalue weighted by atomic mass is 16.4. The van der Waals surface area contributed by atoms with E-state index >= 15 is 0 Å². The minimum atomic E-state index is -0.384. The summed E-state index contributed by atoms with van der Waals surface area (Å²) in [4.78, 5) is 28.9. The molecule has 1 aliphatic heterocycles. The molecule has 0 spiro atoms. The van der Waals surface area contributed by atoms with Crippen molar-refractivity contribution in [2.75, 3.05) is 11.9 Å². The number of nitrogens with one attached hydrogen (secondary N) is 2. The Hall–Kier alpha value is -3.02. The van der Waals surface area contributed by atoms with Gasteiger partial charge in [0.1, 0.15) is 5.58 Å². The number of aromatic nitrogens is 1. The van der Waals surface area contributed by atoms with Crippen LogP contribution in [-0.2, 0) is 0 Å². The van der Waals surface area contributed by atoms with Gasteiger partial charge in [0.05, 0.1) is 6.04 Å². The van der Waals surface area contributed by atoms with Crippen LogP contribution in [0.25, 0.3) is 11.0 Å². The quantitative estimate of drug-likeness (QED) is 0.709. The van der Waals surface area contributed by atoms with Crippen molar-refractivity contribution in [2.45, 2.75) is 18.9 Å². The number of rotatable bonds is 2. The first-order valence-corrected chi connectivity index (χ1v) is 7.95. The molecule has 0 radical (unpaired) electrons. The van der Waals surface area contributed by atoms with E-state index in [1.54, 1.807) is 24.3 Å². The maximum atomic E-state index is 12.6. The van der Waals surface area contributed by atoms with Gasteiger partial charge in [-0.1, -0.05) is 0 Å². The second kappa shape index (κ2) is 5.88. The Labute approximate surface area is 138 Å². The highest BCUT2D eigenvalue weighted by Crippen LogP contribution is 2.31. The molecule has 1 atom stereocenters. The van der Waals surface area contributed by atoms with Crippen LogP contribution in [-0.4, -0.2) is 22.5 Å². The van der Waals surface area contributed by atoms with E-state index in [1.165, 1.54) is 6.07 Å². The number of H-pyrrole nitrogens is 1. The van der Waals surface area contributed by atoms with Crippen LogP contribution in [0.2, 0.25) is 0 Å². The smallest absolute Gasteiger partial charge is 0.336 e. The number of hydrogen-bond acceptors (Lipinski definition) is 3. The second-order valence-corrected chi connectivity index (χ2v) is 5.91. The molecule has 0 saturated carbocycles. The van der Waals surface area contributed by atoms with Gasteiger partial charge in [0.15, 0.2) is 0 Å². The highest BCUT2D eigenvalue weighted by Gasteiger charge is 2.30. The maximum absolute atomic E-state index is 12.6.